The lowest BCUT2D eigenvalue weighted by molar-refractivity contribution is 0.162. The van der Waals surface area contributed by atoms with Gasteiger partial charge >= 0.3 is 0 Å². The van der Waals surface area contributed by atoms with E-state index in [1.807, 2.05) is 12.1 Å². The molecule has 0 spiro atoms. The molecule has 4 heteroatoms. The SMILES string of the molecule is CCNC(c1ccc(COC)o1)c1sccc1C. The first-order valence-electron chi connectivity index (χ1n) is 6.11. The minimum Gasteiger partial charge on any atom is -0.462 e. The molecule has 0 saturated heterocycles. The number of nitrogens with one attached hydrogen (secondary N) is 1. The summed E-state index contributed by atoms with van der Waals surface area (Å²) in [5.74, 6) is 1.82. The molecule has 0 fully saturated rings. The number of hydrogen-bond acceptors (Lipinski definition) is 4. The zero-order valence-corrected chi connectivity index (χ0v) is 11.8. The van der Waals surface area contributed by atoms with Crippen molar-refractivity contribution in [2.24, 2.45) is 0 Å². The second-order valence-corrected chi connectivity index (χ2v) is 5.14. The van der Waals surface area contributed by atoms with Crippen LogP contribution < -0.4 is 5.32 Å². The highest BCUT2D eigenvalue weighted by Crippen LogP contribution is 2.30. The Labute approximate surface area is 112 Å². The van der Waals surface area contributed by atoms with Crippen molar-refractivity contribution in [3.63, 3.8) is 0 Å². The van der Waals surface area contributed by atoms with Crippen LogP contribution in [0.4, 0.5) is 0 Å². The summed E-state index contributed by atoms with van der Waals surface area (Å²) in [4.78, 5) is 1.31. The van der Waals surface area contributed by atoms with Crippen molar-refractivity contribution in [3.05, 3.63) is 45.5 Å². The molecule has 0 bridgehead atoms. The number of aryl methyl sites for hydroxylation is 1. The molecule has 18 heavy (non-hydrogen) atoms. The van der Waals surface area contributed by atoms with Crippen molar-refractivity contribution in [2.45, 2.75) is 26.5 Å². The van der Waals surface area contributed by atoms with Gasteiger partial charge in [0.1, 0.15) is 24.2 Å². The van der Waals surface area contributed by atoms with Gasteiger partial charge in [-0.15, -0.1) is 11.3 Å². The van der Waals surface area contributed by atoms with Gasteiger partial charge in [0.25, 0.3) is 0 Å². The average Bonchev–Trinajstić information content (AvgIpc) is 2.96. The summed E-state index contributed by atoms with van der Waals surface area (Å²) in [6.45, 7) is 5.66. The molecule has 2 aromatic rings. The molecule has 98 valence electrons. The van der Waals surface area contributed by atoms with Crippen LogP contribution in [-0.2, 0) is 11.3 Å². The average molecular weight is 265 g/mol. The van der Waals surface area contributed by atoms with Crippen LogP contribution in [-0.4, -0.2) is 13.7 Å². The Bertz CT molecular complexity index is 489. The Morgan fingerprint density at radius 2 is 2.22 bits per heavy atom. The van der Waals surface area contributed by atoms with Crippen molar-refractivity contribution in [1.82, 2.24) is 5.32 Å². The summed E-state index contributed by atoms with van der Waals surface area (Å²) in [7, 11) is 1.67. The standard InChI is InChI=1S/C14H19NO2S/c1-4-15-13(14-10(2)7-8-18-14)12-6-5-11(17-12)9-16-3/h5-8,13,15H,4,9H2,1-3H3. The van der Waals surface area contributed by atoms with Crippen molar-refractivity contribution in [3.8, 4) is 0 Å². The molecule has 0 saturated carbocycles. The van der Waals surface area contributed by atoms with Crippen molar-refractivity contribution in [2.75, 3.05) is 13.7 Å². The predicted octanol–water partition coefficient (Wildman–Crippen LogP) is 3.49. The third-order valence-corrected chi connectivity index (χ3v) is 3.91. The van der Waals surface area contributed by atoms with Gasteiger partial charge in [0.05, 0.1) is 0 Å². The van der Waals surface area contributed by atoms with E-state index in [2.05, 4.69) is 30.6 Å². The van der Waals surface area contributed by atoms with Gasteiger partial charge in [-0.2, -0.15) is 0 Å². The minimum atomic E-state index is 0.139. The molecular formula is C14H19NO2S. The zero-order valence-electron chi connectivity index (χ0n) is 11.0. The lowest BCUT2D eigenvalue weighted by Gasteiger charge is -2.15. The summed E-state index contributed by atoms with van der Waals surface area (Å²) >= 11 is 1.76. The smallest absolute Gasteiger partial charge is 0.129 e. The molecule has 1 unspecified atom stereocenters. The number of thiophene rings is 1. The van der Waals surface area contributed by atoms with Crippen LogP contribution in [0.5, 0.6) is 0 Å². The van der Waals surface area contributed by atoms with Gasteiger partial charge < -0.3 is 14.5 Å². The molecule has 1 N–H and O–H groups in total. The van der Waals surface area contributed by atoms with Crippen molar-refractivity contribution >= 4 is 11.3 Å². The first kappa shape index (κ1) is 13.3. The van der Waals surface area contributed by atoms with E-state index in [9.17, 15) is 0 Å². The topological polar surface area (TPSA) is 34.4 Å². The van der Waals surface area contributed by atoms with Gasteiger partial charge in [0, 0.05) is 12.0 Å². The van der Waals surface area contributed by atoms with Crippen LogP contribution in [0.15, 0.2) is 28.0 Å². The van der Waals surface area contributed by atoms with E-state index < -0.39 is 0 Å². The second kappa shape index (κ2) is 6.18. The molecule has 2 rings (SSSR count). The summed E-state index contributed by atoms with van der Waals surface area (Å²) in [6.07, 6.45) is 0. The van der Waals surface area contributed by atoms with Gasteiger partial charge in [0.2, 0.25) is 0 Å². The maximum absolute atomic E-state index is 5.84. The molecule has 0 aliphatic carbocycles. The number of ether oxygens (including phenoxy) is 1. The van der Waals surface area contributed by atoms with Crippen molar-refractivity contribution < 1.29 is 9.15 Å². The lowest BCUT2D eigenvalue weighted by Crippen LogP contribution is -2.21. The van der Waals surface area contributed by atoms with Crippen LogP contribution in [0.25, 0.3) is 0 Å². The predicted molar refractivity (Wildman–Crippen MR) is 74.0 cm³/mol. The van der Waals surface area contributed by atoms with E-state index in [-0.39, 0.29) is 6.04 Å². The maximum Gasteiger partial charge on any atom is 0.129 e. The van der Waals surface area contributed by atoms with E-state index in [1.54, 1.807) is 18.4 Å². The fourth-order valence-electron chi connectivity index (χ4n) is 1.98. The first-order chi connectivity index (χ1) is 8.76. The van der Waals surface area contributed by atoms with Crippen molar-refractivity contribution in [1.29, 1.82) is 0 Å². The Balaban J connectivity index is 2.26. The van der Waals surface area contributed by atoms with Crippen LogP contribution in [0.1, 0.15) is 34.9 Å². The molecule has 0 radical (unpaired) electrons. The monoisotopic (exact) mass is 265 g/mol. The van der Waals surface area contributed by atoms with Crippen LogP contribution in [0.2, 0.25) is 0 Å². The van der Waals surface area contributed by atoms with E-state index in [1.165, 1.54) is 10.4 Å². The van der Waals surface area contributed by atoms with E-state index >= 15 is 0 Å². The van der Waals surface area contributed by atoms with Crippen LogP contribution in [0, 0.1) is 6.92 Å². The first-order valence-corrected chi connectivity index (χ1v) is 6.99. The lowest BCUT2D eigenvalue weighted by atomic mass is 10.1. The summed E-state index contributed by atoms with van der Waals surface area (Å²) in [5.41, 5.74) is 1.30. The molecule has 2 heterocycles. The highest BCUT2D eigenvalue weighted by molar-refractivity contribution is 7.10. The maximum atomic E-state index is 5.84. The molecule has 1 atom stereocenters. The minimum absolute atomic E-state index is 0.139. The normalized spacial score (nSPS) is 12.8. The van der Waals surface area contributed by atoms with E-state index in [0.717, 1.165) is 18.1 Å². The fourth-order valence-corrected chi connectivity index (χ4v) is 2.98. The highest BCUT2D eigenvalue weighted by Gasteiger charge is 2.19. The molecule has 0 aromatic carbocycles. The van der Waals surface area contributed by atoms with Crippen LogP contribution in [0.3, 0.4) is 0 Å². The van der Waals surface area contributed by atoms with Gasteiger partial charge in [-0.25, -0.2) is 0 Å². The van der Waals surface area contributed by atoms with E-state index in [4.69, 9.17) is 9.15 Å². The molecule has 0 aliphatic rings. The quantitative estimate of drug-likeness (QED) is 0.868. The number of methoxy groups -OCH3 is 1. The Morgan fingerprint density at radius 3 is 2.83 bits per heavy atom. The van der Waals surface area contributed by atoms with Gasteiger partial charge in [-0.3, -0.25) is 0 Å². The fraction of sp³-hybridized carbons (Fsp3) is 0.429. The summed E-state index contributed by atoms with van der Waals surface area (Å²) in [5, 5.41) is 5.59. The Kier molecular flexibility index (Phi) is 4.58. The van der Waals surface area contributed by atoms with Gasteiger partial charge in [-0.1, -0.05) is 6.92 Å². The zero-order chi connectivity index (χ0) is 13.0. The highest BCUT2D eigenvalue weighted by atomic mass is 32.1. The molecule has 0 amide bonds. The third kappa shape index (κ3) is 2.83. The van der Waals surface area contributed by atoms with Gasteiger partial charge in [0.15, 0.2) is 0 Å². The Hall–Kier alpha value is -1.10. The molecule has 0 aliphatic heterocycles. The molecule has 2 aromatic heterocycles. The number of hydrogen-bond donors (Lipinski definition) is 1. The third-order valence-electron chi connectivity index (χ3n) is 2.83. The van der Waals surface area contributed by atoms with Gasteiger partial charge in [-0.05, 0) is 42.6 Å². The molecular weight excluding hydrogens is 246 g/mol. The second-order valence-electron chi connectivity index (χ2n) is 4.20. The van der Waals surface area contributed by atoms with Crippen LogP contribution >= 0.6 is 11.3 Å². The summed E-state index contributed by atoms with van der Waals surface area (Å²) < 4.78 is 10.9. The van der Waals surface area contributed by atoms with E-state index in [0.29, 0.717) is 6.61 Å². The summed E-state index contributed by atoms with van der Waals surface area (Å²) in [6, 6.07) is 6.29. The molecule has 3 nitrogen and oxygen atoms in total. The Morgan fingerprint density at radius 1 is 1.39 bits per heavy atom. The number of rotatable bonds is 6. The number of furan rings is 1. The largest absolute Gasteiger partial charge is 0.462 e.